The molecule has 1 aliphatic heterocycles. The van der Waals surface area contributed by atoms with E-state index in [0.717, 1.165) is 0 Å². The Hall–Kier alpha value is -2.50. The molecule has 86 valence electrons. The molecule has 2 heterocycles. The average molecular weight is 231 g/mol. The van der Waals surface area contributed by atoms with Crippen molar-refractivity contribution in [3.8, 4) is 17.2 Å². The third-order valence-electron chi connectivity index (χ3n) is 2.42. The lowest BCUT2D eigenvalue weighted by Crippen LogP contribution is -2.16. The normalized spacial score (nSPS) is 12.7. The second-order valence-electron chi connectivity index (χ2n) is 3.57. The average Bonchev–Trinajstić information content (AvgIpc) is 2.49. The molecule has 3 N–H and O–H groups in total. The van der Waals surface area contributed by atoms with Crippen LogP contribution in [0.1, 0.15) is 5.69 Å². The van der Waals surface area contributed by atoms with Gasteiger partial charge in [0.25, 0.3) is 0 Å². The fourth-order valence-corrected chi connectivity index (χ4v) is 1.66. The summed E-state index contributed by atoms with van der Waals surface area (Å²) >= 11 is 0. The minimum Gasteiger partial charge on any atom is -0.483 e. The summed E-state index contributed by atoms with van der Waals surface area (Å²) < 4.78 is 11.1. The third kappa shape index (κ3) is 1.59. The van der Waals surface area contributed by atoms with Gasteiger partial charge in [0.2, 0.25) is 0 Å². The van der Waals surface area contributed by atoms with Gasteiger partial charge < -0.3 is 20.2 Å². The molecule has 6 nitrogen and oxygen atoms in total. The first-order valence-corrected chi connectivity index (χ1v) is 5.02. The Morgan fingerprint density at radius 3 is 2.88 bits per heavy atom. The van der Waals surface area contributed by atoms with Crippen LogP contribution in [0.15, 0.2) is 29.1 Å². The zero-order chi connectivity index (χ0) is 11.8. The number of fused-ring (bicyclic) bond motifs is 2. The Balaban J connectivity index is 2.17. The fraction of sp³-hybridized carbons (Fsp3) is 0.0909. The fourth-order valence-electron chi connectivity index (χ4n) is 1.66. The topological polar surface area (TPSA) is 90.2 Å². The van der Waals surface area contributed by atoms with E-state index in [0.29, 0.717) is 22.9 Å². The summed E-state index contributed by atoms with van der Waals surface area (Å²) in [5.74, 6) is 1.55. The summed E-state index contributed by atoms with van der Waals surface area (Å²) in [4.78, 5) is 17.3. The molecule has 1 aromatic carbocycles. The van der Waals surface area contributed by atoms with Gasteiger partial charge >= 0.3 is 5.69 Å². The van der Waals surface area contributed by atoms with Crippen LogP contribution in [0.25, 0.3) is 0 Å². The largest absolute Gasteiger partial charge is 0.483 e. The molecule has 6 heteroatoms. The van der Waals surface area contributed by atoms with Gasteiger partial charge in [0, 0.05) is 0 Å². The van der Waals surface area contributed by atoms with Crippen LogP contribution in [-0.4, -0.2) is 9.97 Å². The van der Waals surface area contributed by atoms with E-state index in [-0.39, 0.29) is 12.4 Å². The second kappa shape index (κ2) is 3.51. The number of benzene rings is 1. The summed E-state index contributed by atoms with van der Waals surface area (Å²) in [6.45, 7) is 0.189. The number of hydrogen-bond donors (Lipinski definition) is 2. The highest BCUT2D eigenvalue weighted by Gasteiger charge is 2.19. The van der Waals surface area contributed by atoms with Crippen molar-refractivity contribution in [2.24, 2.45) is 0 Å². The lowest BCUT2D eigenvalue weighted by atomic mass is 10.3. The number of ether oxygens (including phenoxy) is 2. The van der Waals surface area contributed by atoms with Crippen LogP contribution < -0.4 is 20.9 Å². The van der Waals surface area contributed by atoms with Crippen LogP contribution >= 0.6 is 0 Å². The summed E-state index contributed by atoms with van der Waals surface area (Å²) in [6, 6.07) is 7.20. The van der Waals surface area contributed by atoms with Gasteiger partial charge in [-0.1, -0.05) is 12.1 Å². The quantitative estimate of drug-likeness (QED) is 0.706. The summed E-state index contributed by atoms with van der Waals surface area (Å²) in [5.41, 5.74) is 5.63. The molecule has 0 fully saturated rings. The van der Waals surface area contributed by atoms with E-state index in [2.05, 4.69) is 9.97 Å². The highest BCUT2D eigenvalue weighted by Crippen LogP contribution is 2.37. The summed E-state index contributed by atoms with van der Waals surface area (Å²) in [7, 11) is 0. The first-order chi connectivity index (χ1) is 8.24. The molecule has 1 aromatic heterocycles. The molecule has 2 aromatic rings. The van der Waals surface area contributed by atoms with Crippen LogP contribution in [0, 0.1) is 0 Å². The van der Waals surface area contributed by atoms with Crippen LogP contribution in [-0.2, 0) is 6.61 Å². The van der Waals surface area contributed by atoms with E-state index in [4.69, 9.17) is 15.2 Å². The molecule has 1 aliphatic rings. The Labute approximate surface area is 96.0 Å². The van der Waals surface area contributed by atoms with E-state index >= 15 is 0 Å². The van der Waals surface area contributed by atoms with Gasteiger partial charge in [-0.15, -0.1) is 0 Å². The molecular formula is C11H9N3O3. The maximum absolute atomic E-state index is 11.2. The highest BCUT2D eigenvalue weighted by atomic mass is 16.5. The van der Waals surface area contributed by atoms with Gasteiger partial charge in [-0.3, -0.25) is 0 Å². The van der Waals surface area contributed by atoms with Gasteiger partial charge in [-0.2, -0.15) is 4.98 Å². The standard InChI is InChI=1S/C11H9N3O3/c12-10-9-6(13-11(15)14-10)5-16-7-3-1-2-4-8(7)17-9/h1-4H,5H2,(H3,12,13,14,15). The molecule has 0 saturated carbocycles. The SMILES string of the molecule is Nc1nc(=O)[nH]c2c1Oc1ccccc1OC2. The molecule has 17 heavy (non-hydrogen) atoms. The van der Waals surface area contributed by atoms with Crippen molar-refractivity contribution >= 4 is 5.82 Å². The van der Waals surface area contributed by atoms with Crippen LogP contribution in [0.3, 0.4) is 0 Å². The number of rotatable bonds is 0. The van der Waals surface area contributed by atoms with Crippen molar-refractivity contribution < 1.29 is 9.47 Å². The van der Waals surface area contributed by atoms with Crippen LogP contribution in [0.2, 0.25) is 0 Å². The number of aromatic amines is 1. The Morgan fingerprint density at radius 1 is 1.29 bits per heavy atom. The first kappa shape index (κ1) is 9.71. The molecule has 0 bridgehead atoms. The molecular weight excluding hydrogens is 222 g/mol. The zero-order valence-corrected chi connectivity index (χ0v) is 8.77. The number of H-pyrrole nitrogens is 1. The highest BCUT2D eigenvalue weighted by molar-refractivity contribution is 5.53. The maximum Gasteiger partial charge on any atom is 0.347 e. The molecule has 0 spiro atoms. The number of para-hydroxylation sites is 2. The van der Waals surface area contributed by atoms with E-state index in [1.807, 2.05) is 12.1 Å². The van der Waals surface area contributed by atoms with Crippen molar-refractivity contribution in [1.82, 2.24) is 9.97 Å². The Bertz CT molecular complexity index is 636. The Kier molecular flexibility index (Phi) is 2.01. The first-order valence-electron chi connectivity index (χ1n) is 5.02. The smallest absolute Gasteiger partial charge is 0.347 e. The van der Waals surface area contributed by atoms with Crippen molar-refractivity contribution in [3.63, 3.8) is 0 Å². The minimum atomic E-state index is -0.514. The number of nitrogen functional groups attached to an aromatic ring is 1. The number of aromatic nitrogens is 2. The van der Waals surface area contributed by atoms with Crippen LogP contribution in [0.5, 0.6) is 17.2 Å². The molecule has 0 unspecified atom stereocenters. The number of nitrogens with two attached hydrogens (primary N) is 1. The predicted octanol–water partition coefficient (Wildman–Crippen LogP) is 1.04. The Morgan fingerprint density at radius 2 is 2.06 bits per heavy atom. The van der Waals surface area contributed by atoms with Gasteiger partial charge in [0.1, 0.15) is 12.3 Å². The number of anilines is 1. The second-order valence-corrected chi connectivity index (χ2v) is 3.57. The van der Waals surface area contributed by atoms with E-state index < -0.39 is 5.69 Å². The summed E-state index contributed by atoms with van der Waals surface area (Å²) in [5, 5.41) is 0. The third-order valence-corrected chi connectivity index (χ3v) is 2.42. The van der Waals surface area contributed by atoms with Crippen molar-refractivity contribution in [2.45, 2.75) is 6.61 Å². The molecule has 0 saturated heterocycles. The van der Waals surface area contributed by atoms with Gasteiger partial charge in [-0.25, -0.2) is 4.79 Å². The monoisotopic (exact) mass is 231 g/mol. The van der Waals surface area contributed by atoms with E-state index in [1.54, 1.807) is 12.1 Å². The van der Waals surface area contributed by atoms with Crippen molar-refractivity contribution in [1.29, 1.82) is 0 Å². The number of nitrogens with one attached hydrogen (secondary N) is 1. The van der Waals surface area contributed by atoms with Gasteiger partial charge in [0.15, 0.2) is 23.1 Å². The molecule has 0 radical (unpaired) electrons. The number of hydrogen-bond acceptors (Lipinski definition) is 5. The molecule has 0 aliphatic carbocycles. The summed E-state index contributed by atoms with van der Waals surface area (Å²) in [6.07, 6.45) is 0. The van der Waals surface area contributed by atoms with Gasteiger partial charge in [0.05, 0.1) is 0 Å². The maximum atomic E-state index is 11.2. The lowest BCUT2D eigenvalue weighted by Gasteiger charge is -2.07. The van der Waals surface area contributed by atoms with Gasteiger partial charge in [-0.05, 0) is 12.1 Å². The molecule has 0 amide bonds. The lowest BCUT2D eigenvalue weighted by molar-refractivity contribution is 0.302. The molecule has 3 rings (SSSR count). The van der Waals surface area contributed by atoms with Crippen molar-refractivity contribution in [2.75, 3.05) is 5.73 Å². The van der Waals surface area contributed by atoms with Crippen molar-refractivity contribution in [3.05, 3.63) is 40.4 Å². The van der Waals surface area contributed by atoms with E-state index in [9.17, 15) is 4.79 Å². The van der Waals surface area contributed by atoms with Crippen LogP contribution in [0.4, 0.5) is 5.82 Å². The van der Waals surface area contributed by atoms with E-state index in [1.165, 1.54) is 0 Å². The predicted molar refractivity (Wildman–Crippen MR) is 60.1 cm³/mol. The molecule has 0 atom stereocenters. The number of nitrogens with zero attached hydrogens (tertiary/aromatic N) is 1. The minimum absolute atomic E-state index is 0.0593. The zero-order valence-electron chi connectivity index (χ0n) is 8.77.